The molecule has 26 heavy (non-hydrogen) atoms. The Bertz CT molecular complexity index is 889. The van der Waals surface area contributed by atoms with E-state index in [2.05, 4.69) is 25.6 Å². The number of benzene rings is 1. The van der Waals surface area contributed by atoms with Crippen molar-refractivity contribution in [3.8, 4) is 11.4 Å². The summed E-state index contributed by atoms with van der Waals surface area (Å²) in [6.07, 6.45) is 1.67. The highest BCUT2D eigenvalue weighted by Gasteiger charge is 2.19. The number of nitrogens with one attached hydrogen (secondary N) is 2. The lowest BCUT2D eigenvalue weighted by molar-refractivity contribution is -0.115. The molecule has 3 aromatic rings. The highest BCUT2D eigenvalue weighted by molar-refractivity contribution is 8.00. The highest BCUT2D eigenvalue weighted by Crippen LogP contribution is 2.24. The molecule has 1 aromatic carbocycles. The lowest BCUT2D eigenvalue weighted by Gasteiger charge is -2.14. The van der Waals surface area contributed by atoms with Crippen LogP contribution in [-0.4, -0.2) is 36.1 Å². The second-order valence-electron chi connectivity index (χ2n) is 5.98. The molecule has 0 unspecified atom stereocenters. The summed E-state index contributed by atoms with van der Waals surface area (Å²) < 4.78 is 1.76. The highest BCUT2D eigenvalue weighted by atomic mass is 35.5. The average Bonchev–Trinajstić information content (AvgIpc) is 3.25. The molecule has 0 aliphatic carbocycles. The molecule has 0 aliphatic heterocycles. The molecule has 2 aromatic heterocycles. The number of thioether (sulfide) groups is 1. The summed E-state index contributed by atoms with van der Waals surface area (Å²) in [5.41, 5.74) is 0.881. The Balaban J connectivity index is 1.64. The molecule has 0 bridgehead atoms. The van der Waals surface area contributed by atoms with Crippen LogP contribution in [0, 0.1) is 0 Å². The van der Waals surface area contributed by atoms with Gasteiger partial charge in [-0.15, -0.1) is 5.10 Å². The minimum Gasteiger partial charge on any atom is -0.310 e. The SMILES string of the molecule is CC(C)n1nccc1NC(=O)[C@@H](C)Sc1n[nH]c(-c2ccc(Cl)cc2)n1. The first-order chi connectivity index (χ1) is 12.4. The van der Waals surface area contributed by atoms with E-state index in [1.807, 2.05) is 32.9 Å². The van der Waals surface area contributed by atoms with E-state index in [9.17, 15) is 4.79 Å². The maximum absolute atomic E-state index is 12.5. The number of anilines is 1. The van der Waals surface area contributed by atoms with Crippen LogP contribution in [0.5, 0.6) is 0 Å². The smallest absolute Gasteiger partial charge is 0.238 e. The molecule has 0 saturated heterocycles. The van der Waals surface area contributed by atoms with Crippen molar-refractivity contribution in [3.63, 3.8) is 0 Å². The molecule has 7 nitrogen and oxygen atoms in total. The average molecular weight is 391 g/mol. The first-order valence-electron chi connectivity index (χ1n) is 8.13. The maximum atomic E-state index is 12.5. The van der Waals surface area contributed by atoms with E-state index in [0.29, 0.717) is 21.8 Å². The quantitative estimate of drug-likeness (QED) is 0.620. The van der Waals surface area contributed by atoms with Crippen LogP contribution < -0.4 is 5.32 Å². The number of H-pyrrole nitrogens is 1. The Hall–Kier alpha value is -2.32. The van der Waals surface area contributed by atoms with Crippen molar-refractivity contribution >= 4 is 35.1 Å². The van der Waals surface area contributed by atoms with Gasteiger partial charge in [0.2, 0.25) is 11.1 Å². The van der Waals surface area contributed by atoms with E-state index in [0.717, 1.165) is 5.56 Å². The van der Waals surface area contributed by atoms with Crippen molar-refractivity contribution in [3.05, 3.63) is 41.6 Å². The zero-order chi connectivity index (χ0) is 18.7. The molecule has 1 amide bonds. The van der Waals surface area contributed by atoms with Crippen molar-refractivity contribution in [2.45, 2.75) is 37.2 Å². The molecule has 0 aliphatic rings. The fourth-order valence-electron chi connectivity index (χ4n) is 2.30. The van der Waals surface area contributed by atoms with Crippen molar-refractivity contribution in [1.29, 1.82) is 0 Å². The summed E-state index contributed by atoms with van der Waals surface area (Å²) in [5.74, 6) is 1.18. The van der Waals surface area contributed by atoms with E-state index in [1.54, 1.807) is 29.1 Å². The summed E-state index contributed by atoms with van der Waals surface area (Å²) in [7, 11) is 0. The molecule has 2 heterocycles. The summed E-state index contributed by atoms with van der Waals surface area (Å²) in [6, 6.07) is 9.25. The number of hydrogen-bond donors (Lipinski definition) is 2. The van der Waals surface area contributed by atoms with E-state index in [-0.39, 0.29) is 17.2 Å². The number of carbonyl (C=O) groups is 1. The van der Waals surface area contributed by atoms with Crippen LogP contribution in [-0.2, 0) is 4.79 Å². The monoisotopic (exact) mass is 390 g/mol. The molecular formula is C17H19ClN6OS. The van der Waals surface area contributed by atoms with Crippen LogP contribution in [0.1, 0.15) is 26.8 Å². The van der Waals surface area contributed by atoms with Crippen molar-refractivity contribution < 1.29 is 4.79 Å². The van der Waals surface area contributed by atoms with Crippen LogP contribution >= 0.6 is 23.4 Å². The third kappa shape index (κ3) is 4.25. The van der Waals surface area contributed by atoms with Crippen molar-refractivity contribution in [2.24, 2.45) is 0 Å². The number of aromatic nitrogens is 5. The minimum absolute atomic E-state index is 0.129. The van der Waals surface area contributed by atoms with Crippen LogP contribution in [0.15, 0.2) is 41.7 Å². The molecule has 136 valence electrons. The first kappa shape index (κ1) is 18.5. The van der Waals surface area contributed by atoms with Gasteiger partial charge in [0.25, 0.3) is 0 Å². The standard InChI is InChI=1S/C17H19ClN6OS/c1-10(2)24-14(8-9-19-24)20-16(25)11(3)26-17-21-15(22-23-17)12-4-6-13(18)7-5-12/h4-11H,1-3H3,(H,20,25)(H,21,22,23)/t11-/m1/s1. The Morgan fingerprint density at radius 3 is 2.65 bits per heavy atom. The topological polar surface area (TPSA) is 88.5 Å². The van der Waals surface area contributed by atoms with Gasteiger partial charge >= 0.3 is 0 Å². The molecule has 0 fully saturated rings. The molecule has 1 atom stereocenters. The van der Waals surface area contributed by atoms with Crippen molar-refractivity contribution in [2.75, 3.05) is 5.32 Å². The summed E-state index contributed by atoms with van der Waals surface area (Å²) in [5, 5.41) is 15.0. The maximum Gasteiger partial charge on any atom is 0.238 e. The van der Waals surface area contributed by atoms with Gasteiger partial charge in [0.05, 0.1) is 11.4 Å². The molecule has 3 rings (SSSR count). The van der Waals surface area contributed by atoms with Gasteiger partial charge < -0.3 is 5.32 Å². The number of nitrogens with zero attached hydrogens (tertiary/aromatic N) is 4. The molecule has 0 radical (unpaired) electrons. The zero-order valence-electron chi connectivity index (χ0n) is 14.6. The van der Waals surface area contributed by atoms with Gasteiger partial charge in [-0.05, 0) is 45.0 Å². The lowest BCUT2D eigenvalue weighted by Crippen LogP contribution is -2.24. The van der Waals surface area contributed by atoms with E-state index >= 15 is 0 Å². The Morgan fingerprint density at radius 2 is 1.96 bits per heavy atom. The minimum atomic E-state index is -0.362. The van der Waals surface area contributed by atoms with Crippen molar-refractivity contribution in [1.82, 2.24) is 25.0 Å². The third-order valence-corrected chi connectivity index (χ3v) is 4.86. The summed E-state index contributed by atoms with van der Waals surface area (Å²) in [6.45, 7) is 5.83. The van der Waals surface area contributed by atoms with E-state index in [4.69, 9.17) is 11.6 Å². The number of aromatic amines is 1. The third-order valence-electron chi connectivity index (χ3n) is 3.64. The molecule has 0 saturated carbocycles. The number of rotatable bonds is 6. The second kappa shape index (κ2) is 7.92. The summed E-state index contributed by atoms with van der Waals surface area (Å²) >= 11 is 7.18. The first-order valence-corrected chi connectivity index (χ1v) is 9.39. The van der Waals surface area contributed by atoms with Crippen LogP contribution in [0.4, 0.5) is 5.82 Å². The van der Waals surface area contributed by atoms with Gasteiger partial charge in [-0.1, -0.05) is 23.4 Å². The lowest BCUT2D eigenvalue weighted by atomic mass is 10.2. The number of hydrogen-bond acceptors (Lipinski definition) is 5. The Morgan fingerprint density at radius 1 is 1.23 bits per heavy atom. The number of halogens is 1. The number of carbonyl (C=O) groups excluding carboxylic acids is 1. The van der Waals surface area contributed by atoms with Crippen LogP contribution in [0.3, 0.4) is 0 Å². The number of amides is 1. The predicted octanol–water partition coefficient (Wildman–Crippen LogP) is 4.02. The van der Waals surface area contributed by atoms with E-state index < -0.39 is 0 Å². The molecule has 2 N–H and O–H groups in total. The second-order valence-corrected chi connectivity index (χ2v) is 7.72. The van der Waals surface area contributed by atoms with Crippen LogP contribution in [0.2, 0.25) is 5.02 Å². The van der Waals surface area contributed by atoms with Gasteiger partial charge in [-0.3, -0.25) is 9.89 Å². The van der Waals surface area contributed by atoms with Gasteiger partial charge in [-0.2, -0.15) is 5.10 Å². The summed E-state index contributed by atoms with van der Waals surface area (Å²) in [4.78, 5) is 16.9. The molecular weight excluding hydrogens is 372 g/mol. The fourth-order valence-corrected chi connectivity index (χ4v) is 3.15. The Kier molecular flexibility index (Phi) is 5.63. The van der Waals surface area contributed by atoms with E-state index in [1.165, 1.54) is 11.8 Å². The van der Waals surface area contributed by atoms with Gasteiger partial charge in [0.15, 0.2) is 5.82 Å². The van der Waals surface area contributed by atoms with Gasteiger partial charge in [0.1, 0.15) is 5.82 Å². The zero-order valence-corrected chi connectivity index (χ0v) is 16.2. The van der Waals surface area contributed by atoms with Gasteiger partial charge in [-0.25, -0.2) is 9.67 Å². The Labute approximate surface area is 160 Å². The predicted molar refractivity (Wildman–Crippen MR) is 103 cm³/mol. The van der Waals surface area contributed by atoms with Gasteiger partial charge in [0, 0.05) is 22.7 Å². The molecule has 9 heteroatoms. The van der Waals surface area contributed by atoms with Crippen LogP contribution in [0.25, 0.3) is 11.4 Å². The molecule has 0 spiro atoms. The fraction of sp³-hybridized carbons (Fsp3) is 0.294. The largest absolute Gasteiger partial charge is 0.310 e. The normalized spacial score (nSPS) is 12.3.